The van der Waals surface area contributed by atoms with Gasteiger partial charge in [0.05, 0.1) is 4.92 Å². The fourth-order valence-corrected chi connectivity index (χ4v) is 1.38. The zero-order valence-electron chi connectivity index (χ0n) is 9.60. The van der Waals surface area contributed by atoms with Gasteiger partial charge in [-0.05, 0) is 31.5 Å². The Morgan fingerprint density at radius 2 is 2.24 bits per heavy atom. The summed E-state index contributed by atoms with van der Waals surface area (Å²) in [5, 5.41) is 13.2. The van der Waals surface area contributed by atoms with Crippen LogP contribution in [0.4, 0.5) is 11.4 Å². The van der Waals surface area contributed by atoms with Crippen LogP contribution in [-0.2, 0) is 4.79 Å². The van der Waals surface area contributed by atoms with Crippen LogP contribution in [0.3, 0.4) is 0 Å². The molecule has 1 amide bonds. The highest BCUT2D eigenvalue weighted by Gasteiger charge is 2.09. The molecule has 0 heterocycles. The zero-order valence-corrected chi connectivity index (χ0v) is 9.60. The number of nitrogens with zero attached hydrogens (tertiary/aromatic N) is 1. The fraction of sp³-hybridized carbons (Fsp3) is 0.364. The van der Waals surface area contributed by atoms with E-state index in [1.54, 1.807) is 6.92 Å². The van der Waals surface area contributed by atoms with E-state index in [0.29, 0.717) is 30.6 Å². The largest absolute Gasteiger partial charge is 0.330 e. The number of rotatable bonds is 5. The van der Waals surface area contributed by atoms with Crippen LogP contribution in [0.1, 0.15) is 18.4 Å². The molecular weight excluding hydrogens is 222 g/mol. The van der Waals surface area contributed by atoms with Crippen molar-refractivity contribution in [1.82, 2.24) is 0 Å². The van der Waals surface area contributed by atoms with Crippen LogP contribution in [0, 0.1) is 17.0 Å². The Bertz CT molecular complexity index is 432. The summed E-state index contributed by atoms with van der Waals surface area (Å²) < 4.78 is 0. The summed E-state index contributed by atoms with van der Waals surface area (Å²) in [6.07, 6.45) is 0.977. The van der Waals surface area contributed by atoms with Crippen LogP contribution in [0.5, 0.6) is 0 Å². The van der Waals surface area contributed by atoms with E-state index in [1.807, 2.05) is 0 Å². The Hall–Kier alpha value is -1.95. The highest BCUT2D eigenvalue weighted by molar-refractivity contribution is 5.91. The van der Waals surface area contributed by atoms with E-state index >= 15 is 0 Å². The molecule has 1 rings (SSSR count). The van der Waals surface area contributed by atoms with Crippen molar-refractivity contribution in [1.29, 1.82) is 0 Å². The van der Waals surface area contributed by atoms with E-state index in [4.69, 9.17) is 5.73 Å². The molecule has 0 bridgehead atoms. The van der Waals surface area contributed by atoms with Crippen molar-refractivity contribution < 1.29 is 9.72 Å². The van der Waals surface area contributed by atoms with Gasteiger partial charge in [0, 0.05) is 24.2 Å². The van der Waals surface area contributed by atoms with Gasteiger partial charge in [-0.1, -0.05) is 0 Å². The lowest BCUT2D eigenvalue weighted by Gasteiger charge is -2.07. The van der Waals surface area contributed by atoms with E-state index in [1.165, 1.54) is 18.2 Å². The predicted molar refractivity (Wildman–Crippen MR) is 64.8 cm³/mol. The lowest BCUT2D eigenvalue weighted by atomic mass is 10.1. The number of non-ortho nitro benzene ring substituents is 1. The molecule has 0 saturated heterocycles. The first kappa shape index (κ1) is 13.1. The molecule has 0 aliphatic carbocycles. The van der Waals surface area contributed by atoms with Crippen molar-refractivity contribution in [2.75, 3.05) is 11.9 Å². The zero-order chi connectivity index (χ0) is 12.8. The van der Waals surface area contributed by atoms with Gasteiger partial charge in [-0.2, -0.15) is 0 Å². The molecule has 92 valence electrons. The third-order valence-corrected chi connectivity index (χ3v) is 2.30. The number of nitrogens with two attached hydrogens (primary N) is 1. The summed E-state index contributed by atoms with van der Waals surface area (Å²) in [6.45, 7) is 2.18. The standard InChI is InChI=1S/C11H15N3O3/c1-8-7-9(14(16)17)4-5-10(8)13-11(15)3-2-6-12/h4-5,7H,2-3,6,12H2,1H3,(H,13,15). The molecule has 0 saturated carbocycles. The van der Waals surface area contributed by atoms with Crippen molar-refractivity contribution in [3.63, 3.8) is 0 Å². The number of amides is 1. The van der Waals surface area contributed by atoms with Crippen LogP contribution in [0.25, 0.3) is 0 Å². The number of nitro benzene ring substituents is 1. The summed E-state index contributed by atoms with van der Waals surface area (Å²) in [5.41, 5.74) is 6.58. The maximum absolute atomic E-state index is 11.4. The van der Waals surface area contributed by atoms with E-state index in [2.05, 4.69) is 5.32 Å². The van der Waals surface area contributed by atoms with Gasteiger partial charge < -0.3 is 11.1 Å². The second-order valence-electron chi connectivity index (χ2n) is 3.70. The van der Waals surface area contributed by atoms with Gasteiger partial charge in [0.2, 0.25) is 5.91 Å². The molecule has 0 aromatic heterocycles. The van der Waals surface area contributed by atoms with E-state index in [-0.39, 0.29) is 11.6 Å². The molecule has 0 aliphatic rings. The Balaban J connectivity index is 2.72. The Kier molecular flexibility index (Phi) is 4.59. The summed E-state index contributed by atoms with van der Waals surface area (Å²) in [6, 6.07) is 4.33. The first-order valence-corrected chi connectivity index (χ1v) is 5.29. The van der Waals surface area contributed by atoms with Gasteiger partial charge >= 0.3 is 0 Å². The van der Waals surface area contributed by atoms with E-state index in [9.17, 15) is 14.9 Å². The molecule has 0 aliphatic heterocycles. The lowest BCUT2D eigenvalue weighted by Crippen LogP contribution is -2.14. The smallest absolute Gasteiger partial charge is 0.269 e. The Morgan fingerprint density at radius 1 is 1.53 bits per heavy atom. The van der Waals surface area contributed by atoms with Gasteiger partial charge in [-0.15, -0.1) is 0 Å². The number of hydrogen-bond donors (Lipinski definition) is 2. The molecule has 0 spiro atoms. The quantitative estimate of drug-likeness (QED) is 0.600. The van der Waals surface area contributed by atoms with Crippen molar-refractivity contribution in [2.24, 2.45) is 5.73 Å². The third kappa shape index (κ3) is 3.84. The highest BCUT2D eigenvalue weighted by Crippen LogP contribution is 2.21. The van der Waals surface area contributed by atoms with Crippen LogP contribution in [0.15, 0.2) is 18.2 Å². The van der Waals surface area contributed by atoms with Crippen molar-refractivity contribution >= 4 is 17.3 Å². The van der Waals surface area contributed by atoms with Gasteiger partial charge in [-0.25, -0.2) is 0 Å². The molecule has 6 heteroatoms. The van der Waals surface area contributed by atoms with Gasteiger partial charge in [0.25, 0.3) is 5.69 Å². The first-order chi connectivity index (χ1) is 8.04. The molecule has 1 aromatic rings. The minimum absolute atomic E-state index is 0.0162. The minimum atomic E-state index is -0.465. The SMILES string of the molecule is Cc1cc([N+](=O)[O-])ccc1NC(=O)CCCN. The summed E-state index contributed by atoms with van der Waals surface area (Å²) in [7, 11) is 0. The highest BCUT2D eigenvalue weighted by atomic mass is 16.6. The lowest BCUT2D eigenvalue weighted by molar-refractivity contribution is -0.384. The molecule has 0 unspecified atom stereocenters. The summed E-state index contributed by atoms with van der Waals surface area (Å²) >= 11 is 0. The van der Waals surface area contributed by atoms with Gasteiger partial charge in [0.1, 0.15) is 0 Å². The average Bonchev–Trinajstić information content (AvgIpc) is 2.28. The first-order valence-electron chi connectivity index (χ1n) is 5.29. The summed E-state index contributed by atoms with van der Waals surface area (Å²) in [5.74, 6) is -0.132. The topological polar surface area (TPSA) is 98.3 Å². The van der Waals surface area contributed by atoms with Crippen molar-refractivity contribution in [2.45, 2.75) is 19.8 Å². The fourth-order valence-electron chi connectivity index (χ4n) is 1.38. The third-order valence-electron chi connectivity index (χ3n) is 2.30. The van der Waals surface area contributed by atoms with Crippen molar-refractivity contribution in [3.8, 4) is 0 Å². The van der Waals surface area contributed by atoms with Crippen LogP contribution < -0.4 is 11.1 Å². The molecule has 6 nitrogen and oxygen atoms in total. The van der Waals surface area contributed by atoms with Gasteiger partial charge in [-0.3, -0.25) is 14.9 Å². The number of carbonyl (C=O) groups is 1. The predicted octanol–water partition coefficient (Wildman–Crippen LogP) is 1.58. The molecule has 1 aromatic carbocycles. The number of anilines is 1. The number of hydrogen-bond acceptors (Lipinski definition) is 4. The second kappa shape index (κ2) is 5.95. The normalized spacial score (nSPS) is 10.0. The summed E-state index contributed by atoms with van der Waals surface area (Å²) in [4.78, 5) is 21.5. The minimum Gasteiger partial charge on any atom is -0.330 e. The molecular formula is C11H15N3O3. The number of nitrogens with one attached hydrogen (secondary N) is 1. The Morgan fingerprint density at radius 3 is 2.76 bits per heavy atom. The number of benzene rings is 1. The Labute approximate surface area is 99.0 Å². The van der Waals surface area contributed by atoms with Crippen LogP contribution in [-0.4, -0.2) is 17.4 Å². The van der Waals surface area contributed by atoms with Crippen LogP contribution in [0.2, 0.25) is 0 Å². The van der Waals surface area contributed by atoms with Crippen molar-refractivity contribution in [3.05, 3.63) is 33.9 Å². The van der Waals surface area contributed by atoms with Crippen LogP contribution >= 0.6 is 0 Å². The average molecular weight is 237 g/mol. The molecule has 3 N–H and O–H groups in total. The molecule has 17 heavy (non-hydrogen) atoms. The van der Waals surface area contributed by atoms with Gasteiger partial charge in [0.15, 0.2) is 0 Å². The molecule has 0 fully saturated rings. The monoisotopic (exact) mass is 237 g/mol. The van der Waals surface area contributed by atoms with E-state index < -0.39 is 4.92 Å². The maximum Gasteiger partial charge on any atom is 0.269 e. The second-order valence-corrected chi connectivity index (χ2v) is 3.70. The number of nitro groups is 1. The molecule has 0 atom stereocenters. The number of carbonyl (C=O) groups excluding carboxylic acids is 1. The van der Waals surface area contributed by atoms with E-state index in [0.717, 1.165) is 0 Å². The number of aryl methyl sites for hydroxylation is 1. The molecule has 0 radical (unpaired) electrons. The maximum atomic E-state index is 11.4.